The van der Waals surface area contributed by atoms with E-state index in [0.717, 1.165) is 20.8 Å². The molecule has 1 aliphatic heterocycles. The van der Waals surface area contributed by atoms with Gasteiger partial charge in [0, 0.05) is 0 Å². The van der Waals surface area contributed by atoms with Crippen LogP contribution < -0.4 is 9.78 Å². The summed E-state index contributed by atoms with van der Waals surface area (Å²) in [5.74, 6) is -4.69. The summed E-state index contributed by atoms with van der Waals surface area (Å²) in [5.41, 5.74) is 0. The van der Waals surface area contributed by atoms with Crippen molar-refractivity contribution in [3.63, 3.8) is 0 Å². The van der Waals surface area contributed by atoms with Gasteiger partial charge in [0.2, 0.25) is 0 Å². The van der Waals surface area contributed by atoms with E-state index < -0.39 is 80.9 Å². The summed E-state index contributed by atoms with van der Waals surface area (Å²) >= 11 is -0.696. The van der Waals surface area contributed by atoms with Gasteiger partial charge in [-0.3, -0.25) is 0 Å². The number of ether oxygens (including phenoxy) is 4. The van der Waals surface area contributed by atoms with Crippen LogP contribution in [0.4, 0.5) is 13.2 Å². The van der Waals surface area contributed by atoms with Crippen LogP contribution in [0.1, 0.15) is 20.8 Å². The molecule has 0 aliphatic carbocycles. The molecule has 0 spiro atoms. The van der Waals surface area contributed by atoms with Crippen LogP contribution in [-0.2, 0) is 38.1 Å². The molecule has 1 heterocycles. The van der Waals surface area contributed by atoms with Gasteiger partial charge < -0.3 is 0 Å². The molecule has 1 aliphatic rings. The van der Waals surface area contributed by atoms with Gasteiger partial charge >= 0.3 is 193 Å². The Kier molecular flexibility index (Phi) is 9.26. The molecule has 0 saturated carbocycles. The Morgan fingerprint density at radius 3 is 2.06 bits per heavy atom. The number of carbonyl (C=O) groups excluding carboxylic acids is 4. The fourth-order valence-electron chi connectivity index (χ4n) is 3.02. The van der Waals surface area contributed by atoms with Crippen molar-refractivity contribution in [3.8, 4) is 0 Å². The van der Waals surface area contributed by atoms with E-state index in [4.69, 9.17) is 18.9 Å². The molecule has 182 valence electrons. The molecule has 9 nitrogen and oxygen atoms in total. The summed E-state index contributed by atoms with van der Waals surface area (Å²) in [6.07, 6.45) is -9.39. The molecule has 33 heavy (non-hydrogen) atoms. The van der Waals surface area contributed by atoms with E-state index in [0.29, 0.717) is 4.46 Å². The summed E-state index contributed by atoms with van der Waals surface area (Å²) in [6, 6.07) is 7.08. The first-order chi connectivity index (χ1) is 15.4. The number of alkyl halides is 3. The Bertz CT molecular complexity index is 867. The monoisotopic (exact) mass is 541 g/mol. The van der Waals surface area contributed by atoms with Gasteiger partial charge in [0.25, 0.3) is 0 Å². The predicted molar refractivity (Wildman–Crippen MR) is 106 cm³/mol. The van der Waals surface area contributed by atoms with Crippen LogP contribution in [0, 0.1) is 0 Å². The quantitative estimate of drug-likeness (QED) is 0.297. The number of nitrogens with one attached hydrogen (secondary N) is 1. The van der Waals surface area contributed by atoms with Gasteiger partial charge in [-0.1, -0.05) is 0 Å². The van der Waals surface area contributed by atoms with Crippen LogP contribution in [0.2, 0.25) is 0 Å². The molecule has 0 unspecified atom stereocenters. The number of hydrogen-bond donors (Lipinski definition) is 1. The Hall–Kier alpha value is -2.63. The Labute approximate surface area is 193 Å². The first kappa shape index (κ1) is 26.6. The Morgan fingerprint density at radius 1 is 0.970 bits per heavy atom. The van der Waals surface area contributed by atoms with Crippen molar-refractivity contribution in [3.05, 3.63) is 30.3 Å². The fourth-order valence-corrected chi connectivity index (χ4v) is 5.44. The second kappa shape index (κ2) is 11.5. The number of benzene rings is 1. The number of halogens is 3. The molecule has 1 fully saturated rings. The minimum absolute atomic E-state index is 0.424. The number of amides is 1. The molecular weight excluding hydrogens is 518 g/mol. The maximum atomic E-state index is 13.0. The van der Waals surface area contributed by atoms with Gasteiger partial charge in [0.05, 0.1) is 0 Å². The van der Waals surface area contributed by atoms with E-state index >= 15 is 0 Å². The summed E-state index contributed by atoms with van der Waals surface area (Å²) in [5, 5.41) is 0.729. The van der Waals surface area contributed by atoms with Gasteiger partial charge in [-0.05, 0) is 0 Å². The molecule has 13 heteroatoms. The van der Waals surface area contributed by atoms with Crippen LogP contribution in [0.25, 0.3) is 0 Å². The zero-order chi connectivity index (χ0) is 24.8. The maximum absolute atomic E-state index is 13.0. The number of esters is 3. The number of carbonyl (C=O) groups is 4. The van der Waals surface area contributed by atoms with Crippen molar-refractivity contribution >= 4 is 43.2 Å². The fraction of sp³-hybridized carbons (Fsp3) is 0.500. The average molecular weight is 540 g/mol. The van der Waals surface area contributed by atoms with Crippen molar-refractivity contribution in [2.75, 3.05) is 6.61 Å². The summed E-state index contributed by atoms with van der Waals surface area (Å²) in [6.45, 7) is 2.76. The van der Waals surface area contributed by atoms with Crippen molar-refractivity contribution in [1.82, 2.24) is 5.32 Å². The van der Waals surface area contributed by atoms with E-state index in [1.807, 2.05) is 5.32 Å². The van der Waals surface area contributed by atoms with Crippen LogP contribution in [0.15, 0.2) is 30.3 Å². The van der Waals surface area contributed by atoms with Crippen LogP contribution >= 0.6 is 0 Å². The standard InChI is InChI=1S/C20H22F3NO8Se/c1-10(25)29-9-14-16(30-11(2)26)17(31-12(3)27)15(24-19(28)20(21,22)23)18(32-14)33-13-7-5-4-6-8-13/h4-8,14-18H,9H2,1-3H3,(H,24,28)/t14-,15-,16+,17-,18-/m1/s1. The topological polar surface area (TPSA) is 117 Å². The normalized spacial score (nSPS) is 25.0. The molecule has 1 aromatic rings. The minimum atomic E-state index is -5.23. The molecule has 2 rings (SSSR count). The second-order valence-corrected chi connectivity index (χ2v) is 9.38. The average Bonchev–Trinajstić information content (AvgIpc) is 2.70. The first-order valence-corrected chi connectivity index (χ1v) is 11.5. The predicted octanol–water partition coefficient (Wildman–Crippen LogP) is 0.215. The number of rotatable bonds is 7. The third kappa shape index (κ3) is 8.02. The third-order valence-electron chi connectivity index (χ3n) is 4.25. The van der Waals surface area contributed by atoms with E-state index in [1.165, 1.54) is 0 Å². The van der Waals surface area contributed by atoms with Crippen LogP contribution in [-0.4, -0.2) is 80.9 Å². The summed E-state index contributed by atoms with van der Waals surface area (Å²) in [4.78, 5) is 46.6. The zero-order valence-corrected chi connectivity index (χ0v) is 19.5. The Morgan fingerprint density at radius 2 is 1.55 bits per heavy atom. The van der Waals surface area contributed by atoms with Gasteiger partial charge in [-0.25, -0.2) is 0 Å². The Balaban J connectivity index is 2.49. The van der Waals surface area contributed by atoms with Crippen molar-refractivity contribution in [2.24, 2.45) is 0 Å². The molecule has 5 atom stereocenters. The molecule has 0 radical (unpaired) electrons. The molecule has 1 aromatic carbocycles. The molecule has 0 bridgehead atoms. The van der Waals surface area contributed by atoms with Crippen LogP contribution in [0.3, 0.4) is 0 Å². The zero-order valence-electron chi connectivity index (χ0n) is 17.8. The van der Waals surface area contributed by atoms with Crippen molar-refractivity contribution in [1.29, 1.82) is 0 Å². The molecule has 1 saturated heterocycles. The molecule has 1 N–H and O–H groups in total. The first-order valence-electron chi connectivity index (χ1n) is 9.61. The summed E-state index contributed by atoms with van der Waals surface area (Å²) in [7, 11) is 0. The molecular formula is C20H22F3NO8Se. The van der Waals surface area contributed by atoms with Gasteiger partial charge in [-0.15, -0.1) is 0 Å². The van der Waals surface area contributed by atoms with Gasteiger partial charge in [-0.2, -0.15) is 0 Å². The second-order valence-electron chi connectivity index (χ2n) is 6.92. The van der Waals surface area contributed by atoms with Gasteiger partial charge in [0.1, 0.15) is 0 Å². The number of hydrogen-bond acceptors (Lipinski definition) is 8. The molecule has 1 amide bonds. The van der Waals surface area contributed by atoms with Gasteiger partial charge in [0.15, 0.2) is 0 Å². The third-order valence-corrected chi connectivity index (χ3v) is 6.73. The summed E-state index contributed by atoms with van der Waals surface area (Å²) < 4.78 is 61.1. The van der Waals surface area contributed by atoms with Crippen molar-refractivity contribution in [2.45, 2.75) is 56.3 Å². The van der Waals surface area contributed by atoms with E-state index in [-0.39, 0.29) is 0 Å². The van der Waals surface area contributed by atoms with E-state index in [9.17, 15) is 32.3 Å². The van der Waals surface area contributed by atoms with Crippen LogP contribution in [0.5, 0.6) is 0 Å². The van der Waals surface area contributed by atoms with E-state index in [1.54, 1.807) is 30.3 Å². The van der Waals surface area contributed by atoms with Crippen molar-refractivity contribution < 1.29 is 51.3 Å². The SMILES string of the molecule is CC(=O)OC[C@H]1O[C@H]([Se]c2ccccc2)[C@H](NC(=O)C(F)(F)F)[C@@H](OC(C)=O)[C@H]1OC(C)=O. The molecule has 0 aromatic heterocycles. The van der Waals surface area contributed by atoms with E-state index in [2.05, 4.69) is 0 Å².